The fraction of sp³-hybridized carbons (Fsp3) is 0.304. The SMILES string of the molecule is C=CCN(Cc1ccccc1F)C(=O)Nc1ccc(CC(=O)N(CC)CC)cc1. The van der Waals surface area contributed by atoms with Crippen LogP contribution in [0.25, 0.3) is 0 Å². The molecular weight excluding hydrogens is 369 g/mol. The van der Waals surface area contributed by atoms with Crippen molar-refractivity contribution in [2.75, 3.05) is 25.0 Å². The number of urea groups is 1. The summed E-state index contributed by atoms with van der Waals surface area (Å²) in [6.45, 7) is 9.38. The first kappa shape index (κ1) is 22.1. The Bertz CT molecular complexity index is 832. The van der Waals surface area contributed by atoms with Gasteiger partial charge in [-0.15, -0.1) is 6.58 Å². The molecule has 0 aliphatic carbocycles. The zero-order valence-electron chi connectivity index (χ0n) is 17.0. The number of likely N-dealkylation sites (N-methyl/N-ethyl adjacent to an activating group) is 1. The number of rotatable bonds is 9. The van der Waals surface area contributed by atoms with E-state index in [4.69, 9.17) is 0 Å². The number of halogens is 1. The molecule has 0 bridgehead atoms. The number of hydrogen-bond donors (Lipinski definition) is 1. The summed E-state index contributed by atoms with van der Waals surface area (Å²) in [5.74, 6) is -0.273. The van der Waals surface area contributed by atoms with E-state index >= 15 is 0 Å². The van der Waals surface area contributed by atoms with Crippen LogP contribution in [0.2, 0.25) is 0 Å². The second kappa shape index (κ2) is 11.0. The van der Waals surface area contributed by atoms with Crippen molar-refractivity contribution in [2.45, 2.75) is 26.8 Å². The highest BCUT2D eigenvalue weighted by atomic mass is 19.1. The summed E-state index contributed by atoms with van der Waals surface area (Å²) in [6, 6.07) is 13.2. The second-order valence-electron chi connectivity index (χ2n) is 6.63. The molecule has 0 radical (unpaired) electrons. The number of hydrogen-bond acceptors (Lipinski definition) is 2. The predicted molar refractivity (Wildman–Crippen MR) is 114 cm³/mol. The van der Waals surface area contributed by atoms with Crippen molar-refractivity contribution in [3.05, 3.63) is 78.1 Å². The zero-order chi connectivity index (χ0) is 21.2. The predicted octanol–water partition coefficient (Wildman–Crippen LogP) is 4.46. The van der Waals surface area contributed by atoms with Gasteiger partial charge in [0.1, 0.15) is 5.82 Å². The Balaban J connectivity index is 2.01. The number of carbonyl (C=O) groups excluding carboxylic acids is 2. The minimum absolute atomic E-state index is 0.0776. The van der Waals surface area contributed by atoms with Crippen molar-refractivity contribution in [1.29, 1.82) is 0 Å². The number of benzene rings is 2. The Labute approximate surface area is 171 Å². The van der Waals surface area contributed by atoms with E-state index in [2.05, 4.69) is 11.9 Å². The molecule has 0 atom stereocenters. The van der Waals surface area contributed by atoms with Gasteiger partial charge < -0.3 is 15.1 Å². The van der Waals surface area contributed by atoms with E-state index in [0.717, 1.165) is 5.56 Å². The molecule has 0 fully saturated rings. The summed E-state index contributed by atoms with van der Waals surface area (Å²) in [7, 11) is 0. The van der Waals surface area contributed by atoms with Crippen molar-refractivity contribution in [2.24, 2.45) is 0 Å². The van der Waals surface area contributed by atoms with Crippen molar-refractivity contribution in [3.8, 4) is 0 Å². The summed E-state index contributed by atoms with van der Waals surface area (Å²) in [6.07, 6.45) is 1.92. The maximum atomic E-state index is 13.9. The van der Waals surface area contributed by atoms with Crippen molar-refractivity contribution in [3.63, 3.8) is 0 Å². The van der Waals surface area contributed by atoms with Gasteiger partial charge in [-0.05, 0) is 37.6 Å². The van der Waals surface area contributed by atoms with E-state index in [1.807, 2.05) is 26.0 Å². The van der Waals surface area contributed by atoms with Crippen LogP contribution in [0.3, 0.4) is 0 Å². The van der Waals surface area contributed by atoms with Crippen LogP contribution < -0.4 is 5.32 Å². The third-order valence-electron chi connectivity index (χ3n) is 4.63. The lowest BCUT2D eigenvalue weighted by atomic mass is 10.1. The van der Waals surface area contributed by atoms with E-state index in [-0.39, 0.29) is 30.8 Å². The molecule has 0 aromatic heterocycles. The van der Waals surface area contributed by atoms with Crippen LogP contribution in [0, 0.1) is 5.82 Å². The quantitative estimate of drug-likeness (QED) is 0.635. The van der Waals surface area contributed by atoms with E-state index in [1.165, 1.54) is 11.0 Å². The highest BCUT2D eigenvalue weighted by Crippen LogP contribution is 2.14. The molecule has 0 unspecified atom stereocenters. The molecule has 2 aromatic rings. The molecule has 2 rings (SSSR count). The lowest BCUT2D eigenvalue weighted by Crippen LogP contribution is -2.34. The van der Waals surface area contributed by atoms with E-state index < -0.39 is 0 Å². The molecule has 0 aliphatic rings. The van der Waals surface area contributed by atoms with Gasteiger partial charge in [0.2, 0.25) is 5.91 Å². The van der Waals surface area contributed by atoms with Crippen molar-refractivity contribution >= 4 is 17.6 Å². The molecule has 0 saturated carbocycles. The molecular formula is C23H28FN3O2. The first-order valence-corrected chi connectivity index (χ1v) is 9.75. The molecule has 0 saturated heterocycles. The lowest BCUT2D eigenvalue weighted by molar-refractivity contribution is -0.130. The van der Waals surface area contributed by atoms with Gasteiger partial charge in [-0.25, -0.2) is 9.18 Å². The highest BCUT2D eigenvalue weighted by molar-refractivity contribution is 5.89. The molecule has 3 amide bonds. The number of anilines is 1. The van der Waals surface area contributed by atoms with Gasteiger partial charge in [0.15, 0.2) is 0 Å². The van der Waals surface area contributed by atoms with E-state index in [1.54, 1.807) is 41.3 Å². The van der Waals surface area contributed by atoms with Crippen molar-refractivity contribution < 1.29 is 14.0 Å². The van der Waals surface area contributed by atoms with Crippen LogP contribution in [0.15, 0.2) is 61.2 Å². The van der Waals surface area contributed by atoms with E-state index in [9.17, 15) is 14.0 Å². The fourth-order valence-corrected chi connectivity index (χ4v) is 2.98. The van der Waals surface area contributed by atoms with Crippen LogP contribution in [-0.2, 0) is 17.8 Å². The van der Waals surface area contributed by atoms with Crippen LogP contribution in [0.1, 0.15) is 25.0 Å². The first-order chi connectivity index (χ1) is 14.0. The average Bonchev–Trinajstić information content (AvgIpc) is 2.71. The van der Waals surface area contributed by atoms with Gasteiger partial charge in [0, 0.05) is 30.9 Å². The number of amides is 3. The summed E-state index contributed by atoms with van der Waals surface area (Å²) >= 11 is 0. The average molecular weight is 397 g/mol. The van der Waals surface area contributed by atoms with Crippen LogP contribution in [-0.4, -0.2) is 41.4 Å². The highest BCUT2D eigenvalue weighted by Gasteiger charge is 2.15. The second-order valence-corrected chi connectivity index (χ2v) is 6.63. The summed E-state index contributed by atoms with van der Waals surface area (Å²) in [5.41, 5.74) is 1.93. The topological polar surface area (TPSA) is 52.7 Å². The van der Waals surface area contributed by atoms with Crippen LogP contribution in [0.4, 0.5) is 14.9 Å². The first-order valence-electron chi connectivity index (χ1n) is 9.75. The van der Waals surface area contributed by atoms with Crippen LogP contribution in [0.5, 0.6) is 0 Å². The maximum Gasteiger partial charge on any atom is 0.322 e. The standard InChI is InChI=1S/C23H28FN3O2/c1-4-15-27(17-19-9-7-8-10-21(19)24)23(29)25-20-13-11-18(12-14-20)16-22(28)26(5-2)6-3/h4,7-14H,1,5-6,15-17H2,2-3H3,(H,25,29). The minimum atomic E-state index is -0.350. The molecule has 6 heteroatoms. The Hall–Kier alpha value is -3.15. The summed E-state index contributed by atoms with van der Waals surface area (Å²) in [4.78, 5) is 28.1. The molecule has 0 spiro atoms. The van der Waals surface area contributed by atoms with Gasteiger partial charge in [0.05, 0.1) is 13.0 Å². The van der Waals surface area contributed by atoms with Gasteiger partial charge in [-0.1, -0.05) is 36.4 Å². The fourth-order valence-electron chi connectivity index (χ4n) is 2.98. The number of nitrogens with zero attached hydrogens (tertiary/aromatic N) is 2. The Kier molecular flexibility index (Phi) is 8.40. The van der Waals surface area contributed by atoms with Gasteiger partial charge in [0.25, 0.3) is 0 Å². The van der Waals surface area contributed by atoms with E-state index in [0.29, 0.717) is 30.8 Å². The molecule has 2 aromatic carbocycles. The largest absolute Gasteiger partial charge is 0.343 e. The molecule has 5 nitrogen and oxygen atoms in total. The minimum Gasteiger partial charge on any atom is -0.343 e. The third-order valence-corrected chi connectivity index (χ3v) is 4.63. The molecule has 1 N–H and O–H groups in total. The number of nitrogens with one attached hydrogen (secondary N) is 1. The Morgan fingerprint density at radius 1 is 1.03 bits per heavy atom. The van der Waals surface area contributed by atoms with Gasteiger partial charge >= 0.3 is 6.03 Å². The van der Waals surface area contributed by atoms with Crippen LogP contribution >= 0.6 is 0 Å². The zero-order valence-corrected chi connectivity index (χ0v) is 17.0. The van der Waals surface area contributed by atoms with Gasteiger partial charge in [-0.3, -0.25) is 4.79 Å². The third kappa shape index (κ3) is 6.45. The maximum absolute atomic E-state index is 13.9. The lowest BCUT2D eigenvalue weighted by Gasteiger charge is -2.22. The number of carbonyl (C=O) groups is 2. The van der Waals surface area contributed by atoms with Gasteiger partial charge in [-0.2, -0.15) is 0 Å². The molecule has 154 valence electrons. The monoisotopic (exact) mass is 397 g/mol. The summed E-state index contributed by atoms with van der Waals surface area (Å²) in [5, 5.41) is 2.81. The molecule has 0 heterocycles. The summed E-state index contributed by atoms with van der Waals surface area (Å²) < 4.78 is 13.9. The smallest absolute Gasteiger partial charge is 0.322 e. The molecule has 0 aliphatic heterocycles. The van der Waals surface area contributed by atoms with Crippen molar-refractivity contribution in [1.82, 2.24) is 9.80 Å². The normalized spacial score (nSPS) is 10.3. The molecule has 29 heavy (non-hydrogen) atoms. The Morgan fingerprint density at radius 2 is 1.69 bits per heavy atom. The Morgan fingerprint density at radius 3 is 2.28 bits per heavy atom.